The molecule has 3 atom stereocenters. The molecule has 1 aromatic heterocycles. The minimum atomic E-state index is 0.566. The molecule has 3 unspecified atom stereocenters. The summed E-state index contributed by atoms with van der Waals surface area (Å²) >= 11 is 9.23. The summed E-state index contributed by atoms with van der Waals surface area (Å²) < 4.78 is 1.24. The average molecular weight is 338 g/mol. The Morgan fingerprint density at radius 3 is 2.71 bits per heavy atom. The molecule has 0 aromatic carbocycles. The highest BCUT2D eigenvalue weighted by atomic mass is 79.9. The van der Waals surface area contributed by atoms with Crippen LogP contribution in [0.25, 0.3) is 0 Å². The molecule has 3 heteroatoms. The van der Waals surface area contributed by atoms with Crippen molar-refractivity contribution in [1.29, 1.82) is 0 Å². The number of alkyl halides is 1. The highest BCUT2D eigenvalue weighted by molar-refractivity contribution is 9.11. The van der Waals surface area contributed by atoms with Crippen molar-refractivity contribution in [2.75, 3.05) is 0 Å². The number of thiophene rings is 1. The van der Waals surface area contributed by atoms with Crippen molar-refractivity contribution in [3.63, 3.8) is 0 Å². The van der Waals surface area contributed by atoms with Crippen LogP contribution in [-0.2, 0) is 0 Å². The molecule has 1 heterocycles. The molecule has 1 aliphatic rings. The summed E-state index contributed by atoms with van der Waals surface area (Å²) in [4.78, 5) is 2.03. The summed E-state index contributed by atoms with van der Waals surface area (Å²) in [7, 11) is 0. The Kier molecular flexibility index (Phi) is 3.72. The second-order valence-electron chi connectivity index (χ2n) is 4.12. The second-order valence-corrected chi connectivity index (χ2v) is 7.60. The van der Waals surface area contributed by atoms with Crippen molar-refractivity contribution in [3.8, 4) is 0 Å². The van der Waals surface area contributed by atoms with Crippen molar-refractivity contribution in [3.05, 3.63) is 20.8 Å². The van der Waals surface area contributed by atoms with Gasteiger partial charge in [-0.15, -0.1) is 11.3 Å². The summed E-state index contributed by atoms with van der Waals surface area (Å²) in [6.07, 6.45) is 4.19. The predicted molar refractivity (Wildman–Crippen MR) is 70.2 cm³/mol. The van der Waals surface area contributed by atoms with Crippen LogP contribution in [0.4, 0.5) is 0 Å². The summed E-state index contributed by atoms with van der Waals surface area (Å²) in [6.45, 7) is 2.38. The third kappa shape index (κ3) is 2.25. The minimum absolute atomic E-state index is 0.566. The van der Waals surface area contributed by atoms with Crippen LogP contribution in [0.2, 0.25) is 0 Å². The molecular formula is C11H14Br2S. The summed E-state index contributed by atoms with van der Waals surface area (Å²) in [5, 5.41) is 0. The lowest BCUT2D eigenvalue weighted by molar-refractivity contribution is 0.417. The van der Waals surface area contributed by atoms with E-state index in [0.717, 1.165) is 11.8 Å². The molecule has 0 nitrogen and oxygen atoms in total. The van der Waals surface area contributed by atoms with Crippen molar-refractivity contribution < 1.29 is 0 Å². The summed E-state index contributed by atoms with van der Waals surface area (Å²) in [5.41, 5.74) is 0. The van der Waals surface area contributed by atoms with Crippen molar-refractivity contribution in [2.45, 2.75) is 31.0 Å². The third-order valence-electron chi connectivity index (χ3n) is 3.17. The lowest BCUT2D eigenvalue weighted by atomic mass is 9.94. The molecular weight excluding hydrogens is 324 g/mol. The van der Waals surface area contributed by atoms with E-state index in [0.29, 0.717) is 4.83 Å². The number of hydrogen-bond acceptors (Lipinski definition) is 1. The van der Waals surface area contributed by atoms with Gasteiger partial charge in [-0.2, -0.15) is 0 Å². The zero-order valence-corrected chi connectivity index (χ0v) is 12.2. The van der Waals surface area contributed by atoms with Crippen molar-refractivity contribution >= 4 is 43.2 Å². The fourth-order valence-electron chi connectivity index (χ4n) is 2.30. The van der Waals surface area contributed by atoms with E-state index in [2.05, 4.69) is 50.9 Å². The largest absolute Gasteiger partial charge is 0.132 e. The topological polar surface area (TPSA) is 0 Å². The maximum atomic E-state index is 3.86. The average Bonchev–Trinajstić information content (AvgIpc) is 2.73. The molecule has 0 saturated heterocycles. The molecule has 0 N–H and O–H groups in total. The Balaban J connectivity index is 2.11. The molecule has 0 aliphatic heterocycles. The van der Waals surface area contributed by atoms with Crippen LogP contribution in [0.15, 0.2) is 15.9 Å². The van der Waals surface area contributed by atoms with E-state index in [-0.39, 0.29) is 0 Å². The third-order valence-corrected chi connectivity index (χ3v) is 6.35. The highest BCUT2D eigenvalue weighted by Gasteiger charge is 2.30. The standard InChI is InChI=1S/C11H14Br2S/c1-7-3-2-4-8(7)11(13)9-5-6-10(12)14-9/h5-8,11H,2-4H2,1H3. The molecule has 0 amide bonds. The van der Waals surface area contributed by atoms with Gasteiger partial charge in [0.2, 0.25) is 0 Å². The van der Waals surface area contributed by atoms with Crippen LogP contribution in [0.5, 0.6) is 0 Å². The summed E-state index contributed by atoms with van der Waals surface area (Å²) in [6, 6.07) is 4.38. The van der Waals surface area contributed by atoms with Gasteiger partial charge in [-0.1, -0.05) is 35.7 Å². The maximum Gasteiger partial charge on any atom is 0.0701 e. The minimum Gasteiger partial charge on any atom is -0.132 e. The number of rotatable bonds is 2. The van der Waals surface area contributed by atoms with Gasteiger partial charge in [0, 0.05) is 4.88 Å². The van der Waals surface area contributed by atoms with E-state index in [4.69, 9.17) is 0 Å². The van der Waals surface area contributed by atoms with Crippen LogP contribution < -0.4 is 0 Å². The normalized spacial score (nSPS) is 29.4. The van der Waals surface area contributed by atoms with Gasteiger partial charge in [0.15, 0.2) is 0 Å². The molecule has 1 aromatic rings. The second kappa shape index (κ2) is 4.67. The van der Waals surface area contributed by atoms with Gasteiger partial charge >= 0.3 is 0 Å². The van der Waals surface area contributed by atoms with E-state index in [1.165, 1.54) is 27.9 Å². The molecule has 0 radical (unpaired) electrons. The van der Waals surface area contributed by atoms with Crippen molar-refractivity contribution in [2.24, 2.45) is 11.8 Å². The van der Waals surface area contributed by atoms with Crippen molar-refractivity contribution in [1.82, 2.24) is 0 Å². The Morgan fingerprint density at radius 1 is 1.43 bits per heavy atom. The van der Waals surface area contributed by atoms with E-state index in [1.54, 1.807) is 0 Å². The zero-order valence-electron chi connectivity index (χ0n) is 8.17. The lowest BCUT2D eigenvalue weighted by Crippen LogP contribution is -2.09. The van der Waals surface area contributed by atoms with Gasteiger partial charge in [-0.25, -0.2) is 0 Å². The van der Waals surface area contributed by atoms with Crippen LogP contribution in [0, 0.1) is 11.8 Å². The molecule has 1 fully saturated rings. The smallest absolute Gasteiger partial charge is 0.0701 e. The van der Waals surface area contributed by atoms with Gasteiger partial charge in [0.25, 0.3) is 0 Å². The highest BCUT2D eigenvalue weighted by Crippen LogP contribution is 2.46. The quantitative estimate of drug-likeness (QED) is 0.635. The first-order chi connectivity index (χ1) is 6.68. The van der Waals surface area contributed by atoms with Gasteiger partial charge < -0.3 is 0 Å². The Bertz CT molecular complexity index is 308. The van der Waals surface area contributed by atoms with Crippen LogP contribution in [0.3, 0.4) is 0 Å². The molecule has 1 saturated carbocycles. The van der Waals surface area contributed by atoms with Gasteiger partial charge in [0.05, 0.1) is 8.61 Å². The molecule has 2 rings (SSSR count). The SMILES string of the molecule is CC1CCCC1C(Br)c1ccc(Br)s1. The molecule has 14 heavy (non-hydrogen) atoms. The monoisotopic (exact) mass is 336 g/mol. The van der Waals surface area contributed by atoms with E-state index < -0.39 is 0 Å². The van der Waals surface area contributed by atoms with Crippen LogP contribution in [0.1, 0.15) is 35.9 Å². The van der Waals surface area contributed by atoms with E-state index in [9.17, 15) is 0 Å². The Hall–Kier alpha value is 0.660. The fraction of sp³-hybridized carbons (Fsp3) is 0.636. The predicted octanol–water partition coefficient (Wildman–Crippen LogP) is 5.38. The fourth-order valence-corrected chi connectivity index (χ4v) is 4.99. The van der Waals surface area contributed by atoms with Gasteiger partial charge in [-0.3, -0.25) is 0 Å². The first kappa shape index (κ1) is 11.2. The summed E-state index contributed by atoms with van der Waals surface area (Å²) in [5.74, 6) is 1.71. The first-order valence-corrected chi connectivity index (χ1v) is 7.60. The molecule has 0 spiro atoms. The zero-order chi connectivity index (χ0) is 10.1. The Morgan fingerprint density at radius 2 is 2.21 bits per heavy atom. The van der Waals surface area contributed by atoms with Crippen LogP contribution >= 0.6 is 43.2 Å². The molecule has 0 bridgehead atoms. The van der Waals surface area contributed by atoms with Crippen LogP contribution in [-0.4, -0.2) is 0 Å². The maximum absolute atomic E-state index is 3.86. The van der Waals surface area contributed by atoms with Gasteiger partial charge in [-0.05, 0) is 46.3 Å². The van der Waals surface area contributed by atoms with E-state index >= 15 is 0 Å². The first-order valence-electron chi connectivity index (χ1n) is 5.08. The molecule has 78 valence electrons. The number of halogens is 2. The van der Waals surface area contributed by atoms with E-state index in [1.807, 2.05) is 11.3 Å². The van der Waals surface area contributed by atoms with Gasteiger partial charge in [0.1, 0.15) is 0 Å². The molecule has 1 aliphatic carbocycles. The Labute approximate surface area is 106 Å². The lowest BCUT2D eigenvalue weighted by Gasteiger charge is -2.20. The number of hydrogen-bond donors (Lipinski definition) is 0.